The van der Waals surface area contributed by atoms with Gasteiger partial charge in [0.25, 0.3) is 0 Å². The molecule has 3 nitrogen and oxygen atoms in total. The Morgan fingerprint density at radius 1 is 0.400 bits per heavy atom. The highest BCUT2D eigenvalue weighted by atomic mass is 15.0. The zero-order valence-corrected chi connectivity index (χ0v) is 21.6. The van der Waals surface area contributed by atoms with Gasteiger partial charge in [0.05, 0.1) is 33.7 Å². The zero-order valence-electron chi connectivity index (χ0n) is 21.6. The number of nitriles is 1. The van der Waals surface area contributed by atoms with Crippen LogP contribution in [0.5, 0.6) is 0 Å². The van der Waals surface area contributed by atoms with Gasteiger partial charge in [-0.15, -0.1) is 0 Å². The maximum atomic E-state index is 9.43. The van der Waals surface area contributed by atoms with Crippen LogP contribution in [0.1, 0.15) is 5.56 Å². The molecule has 6 aromatic carbocycles. The Kier molecular flexibility index (Phi) is 4.89. The van der Waals surface area contributed by atoms with E-state index < -0.39 is 0 Å². The monoisotopic (exact) mass is 509 g/mol. The van der Waals surface area contributed by atoms with Crippen LogP contribution in [0.3, 0.4) is 0 Å². The van der Waals surface area contributed by atoms with Crippen LogP contribution in [-0.4, -0.2) is 9.13 Å². The molecule has 3 heteroatoms. The fraction of sp³-hybridized carbons (Fsp3) is 0. The van der Waals surface area contributed by atoms with Crippen LogP contribution >= 0.6 is 0 Å². The van der Waals surface area contributed by atoms with Crippen LogP contribution in [0.2, 0.25) is 0 Å². The van der Waals surface area contributed by atoms with Crippen LogP contribution in [0, 0.1) is 11.3 Å². The summed E-state index contributed by atoms with van der Waals surface area (Å²) in [5, 5.41) is 14.4. The van der Waals surface area contributed by atoms with Crippen LogP contribution < -0.4 is 0 Å². The smallest absolute Gasteiger partial charge is 0.0991 e. The first-order valence-corrected chi connectivity index (χ1v) is 13.4. The van der Waals surface area contributed by atoms with Gasteiger partial charge < -0.3 is 9.13 Å². The molecule has 0 saturated heterocycles. The fourth-order valence-corrected chi connectivity index (χ4v) is 6.17. The third-order valence-corrected chi connectivity index (χ3v) is 7.92. The average Bonchev–Trinajstić information content (AvgIpc) is 3.54. The molecular weight excluding hydrogens is 486 g/mol. The summed E-state index contributed by atoms with van der Waals surface area (Å²) < 4.78 is 4.73. The van der Waals surface area contributed by atoms with Crippen LogP contribution in [0.4, 0.5) is 0 Å². The van der Waals surface area contributed by atoms with E-state index >= 15 is 0 Å². The largest absolute Gasteiger partial charge is 0.309 e. The minimum Gasteiger partial charge on any atom is -0.309 e. The predicted octanol–water partition coefficient (Wildman–Crippen LogP) is 9.42. The standard InChI is InChI=1S/C37H23N3/c38-24-25-9-7-10-26(21-25)27-11-8-12-28(22-27)40-36-18-6-3-15-32(36)33-20-19-29(23-37(33)40)39-34-16-4-1-13-30(34)31-14-2-5-17-35(31)39/h1-23H. The van der Waals surface area contributed by atoms with Crippen LogP contribution in [-0.2, 0) is 0 Å². The molecule has 0 fully saturated rings. The van der Waals surface area contributed by atoms with Gasteiger partial charge in [-0.25, -0.2) is 0 Å². The lowest BCUT2D eigenvalue weighted by molar-refractivity contribution is 1.15. The van der Waals surface area contributed by atoms with E-state index in [0.717, 1.165) is 28.0 Å². The first kappa shape index (κ1) is 22.4. The summed E-state index contributed by atoms with van der Waals surface area (Å²) in [5.74, 6) is 0. The highest BCUT2D eigenvalue weighted by Gasteiger charge is 2.16. The van der Waals surface area contributed by atoms with E-state index in [9.17, 15) is 5.26 Å². The molecule has 0 N–H and O–H groups in total. The Morgan fingerprint density at radius 3 is 1.52 bits per heavy atom. The summed E-state index contributed by atoms with van der Waals surface area (Å²) >= 11 is 0. The summed E-state index contributed by atoms with van der Waals surface area (Å²) in [6, 6.07) is 51.3. The molecular formula is C37H23N3. The quantitative estimate of drug-likeness (QED) is 0.233. The van der Waals surface area contributed by atoms with E-state index in [1.165, 1.54) is 38.1 Å². The molecule has 0 radical (unpaired) electrons. The van der Waals surface area contributed by atoms with Crippen molar-refractivity contribution < 1.29 is 0 Å². The summed E-state index contributed by atoms with van der Waals surface area (Å²) in [6.07, 6.45) is 0. The van der Waals surface area contributed by atoms with Gasteiger partial charge in [-0.2, -0.15) is 5.26 Å². The van der Waals surface area contributed by atoms with Gasteiger partial charge in [0.1, 0.15) is 0 Å². The topological polar surface area (TPSA) is 33.6 Å². The molecule has 186 valence electrons. The molecule has 0 bridgehead atoms. The van der Waals surface area contributed by atoms with E-state index in [1.54, 1.807) is 0 Å². The van der Waals surface area contributed by atoms with Crippen molar-refractivity contribution in [2.24, 2.45) is 0 Å². The minimum atomic E-state index is 0.663. The van der Waals surface area contributed by atoms with Crippen molar-refractivity contribution in [2.75, 3.05) is 0 Å². The maximum absolute atomic E-state index is 9.43. The van der Waals surface area contributed by atoms with E-state index in [2.05, 4.69) is 137 Å². The van der Waals surface area contributed by atoms with Gasteiger partial charge in [0.2, 0.25) is 0 Å². The normalized spacial score (nSPS) is 11.5. The lowest BCUT2D eigenvalue weighted by atomic mass is 10.0. The second-order valence-electron chi connectivity index (χ2n) is 10.2. The molecule has 0 saturated carbocycles. The first-order chi connectivity index (χ1) is 19.8. The molecule has 2 heterocycles. The van der Waals surface area contributed by atoms with Crippen molar-refractivity contribution in [3.63, 3.8) is 0 Å². The van der Waals surface area contributed by atoms with Crippen LogP contribution in [0.15, 0.2) is 140 Å². The number of rotatable bonds is 3. The molecule has 40 heavy (non-hydrogen) atoms. The average molecular weight is 510 g/mol. The van der Waals surface area contributed by atoms with Gasteiger partial charge in [-0.05, 0) is 65.7 Å². The lowest BCUT2D eigenvalue weighted by Crippen LogP contribution is -1.97. The number of hydrogen-bond donors (Lipinski definition) is 0. The Hall–Kier alpha value is -5.59. The molecule has 0 aliphatic carbocycles. The molecule has 2 aromatic heterocycles. The Morgan fingerprint density at radius 2 is 0.900 bits per heavy atom. The van der Waals surface area contributed by atoms with E-state index in [1.807, 2.05) is 18.2 Å². The molecule has 0 spiro atoms. The summed E-state index contributed by atoms with van der Waals surface area (Å²) in [7, 11) is 0. The molecule has 0 atom stereocenters. The number of aromatic nitrogens is 2. The molecule has 0 unspecified atom stereocenters. The summed E-state index contributed by atoms with van der Waals surface area (Å²) in [6.45, 7) is 0. The highest BCUT2D eigenvalue weighted by molar-refractivity contribution is 6.12. The lowest BCUT2D eigenvalue weighted by Gasteiger charge is -2.12. The number of nitrogens with zero attached hydrogens (tertiary/aromatic N) is 3. The molecule has 8 rings (SSSR count). The van der Waals surface area contributed by atoms with Gasteiger partial charge in [-0.1, -0.05) is 84.9 Å². The second kappa shape index (κ2) is 8.73. The van der Waals surface area contributed by atoms with Crippen LogP contribution in [0.25, 0.3) is 66.1 Å². The minimum absolute atomic E-state index is 0.663. The van der Waals surface area contributed by atoms with Crippen molar-refractivity contribution >= 4 is 43.6 Å². The molecule has 0 aliphatic rings. The summed E-state index contributed by atoms with van der Waals surface area (Å²) in [5.41, 5.74) is 9.72. The summed E-state index contributed by atoms with van der Waals surface area (Å²) in [4.78, 5) is 0. The third kappa shape index (κ3) is 3.30. The molecule has 8 aromatic rings. The van der Waals surface area contributed by atoms with E-state index in [-0.39, 0.29) is 0 Å². The van der Waals surface area contributed by atoms with E-state index in [0.29, 0.717) is 5.56 Å². The molecule has 0 amide bonds. The SMILES string of the molecule is N#Cc1cccc(-c2cccc(-n3c4ccccc4c4ccc(-n5c6ccccc6c6ccccc65)cc43)c2)c1. The van der Waals surface area contributed by atoms with Gasteiger partial charge in [-0.3, -0.25) is 0 Å². The maximum Gasteiger partial charge on any atom is 0.0991 e. The van der Waals surface area contributed by atoms with Crippen molar-refractivity contribution in [1.82, 2.24) is 9.13 Å². The van der Waals surface area contributed by atoms with Crippen molar-refractivity contribution in [2.45, 2.75) is 0 Å². The van der Waals surface area contributed by atoms with Gasteiger partial charge >= 0.3 is 0 Å². The number of fused-ring (bicyclic) bond motifs is 6. The van der Waals surface area contributed by atoms with Crippen molar-refractivity contribution in [1.29, 1.82) is 5.26 Å². The zero-order chi connectivity index (χ0) is 26.6. The van der Waals surface area contributed by atoms with Crippen molar-refractivity contribution in [3.8, 4) is 28.6 Å². The number of hydrogen-bond acceptors (Lipinski definition) is 1. The third-order valence-electron chi connectivity index (χ3n) is 7.92. The van der Waals surface area contributed by atoms with Gasteiger partial charge in [0.15, 0.2) is 0 Å². The van der Waals surface area contributed by atoms with E-state index in [4.69, 9.17) is 0 Å². The number of para-hydroxylation sites is 3. The number of benzene rings is 6. The fourth-order valence-electron chi connectivity index (χ4n) is 6.17. The Balaban J connectivity index is 1.41. The molecule has 0 aliphatic heterocycles. The van der Waals surface area contributed by atoms with Crippen molar-refractivity contribution in [3.05, 3.63) is 145 Å². The Labute approximate surface area is 231 Å². The predicted molar refractivity (Wildman–Crippen MR) is 165 cm³/mol. The Bertz CT molecular complexity index is 2240. The highest BCUT2D eigenvalue weighted by Crippen LogP contribution is 2.37. The first-order valence-electron chi connectivity index (χ1n) is 13.4. The second-order valence-corrected chi connectivity index (χ2v) is 10.2. The van der Waals surface area contributed by atoms with Gasteiger partial charge in [0, 0.05) is 32.9 Å².